The maximum atomic E-state index is 12.8. The predicted molar refractivity (Wildman–Crippen MR) is 51.3 cm³/mol. The molecular formula is C10H12F2N2. The van der Waals surface area contributed by atoms with Gasteiger partial charge < -0.3 is 10.6 Å². The standard InChI is InChI=1S/C10H12F2N2/c11-9-2-1-7(5-10(9)12)14-8-3-4-13-6-8/h1-2,5,8,13-14H,3-4,6H2/t8-/m1/s1. The minimum atomic E-state index is -0.805. The summed E-state index contributed by atoms with van der Waals surface area (Å²) < 4.78 is 25.4. The molecule has 14 heavy (non-hydrogen) atoms. The molecule has 0 radical (unpaired) electrons. The maximum Gasteiger partial charge on any atom is 0.160 e. The van der Waals surface area contributed by atoms with Crippen LogP contribution in [-0.2, 0) is 0 Å². The Kier molecular flexibility index (Phi) is 2.63. The molecule has 0 spiro atoms. The minimum Gasteiger partial charge on any atom is -0.381 e. The first-order valence-corrected chi connectivity index (χ1v) is 4.68. The van der Waals surface area contributed by atoms with Crippen molar-refractivity contribution in [1.82, 2.24) is 5.32 Å². The number of benzene rings is 1. The van der Waals surface area contributed by atoms with Crippen molar-refractivity contribution in [3.05, 3.63) is 29.8 Å². The molecule has 1 aromatic carbocycles. The summed E-state index contributed by atoms with van der Waals surface area (Å²) in [5, 5.41) is 6.33. The predicted octanol–water partition coefficient (Wildman–Crippen LogP) is 1.74. The van der Waals surface area contributed by atoms with Gasteiger partial charge in [0.15, 0.2) is 11.6 Å². The molecule has 1 aromatic rings. The molecule has 1 saturated heterocycles. The van der Waals surface area contributed by atoms with Crippen LogP contribution in [0.25, 0.3) is 0 Å². The largest absolute Gasteiger partial charge is 0.381 e. The first kappa shape index (κ1) is 9.40. The summed E-state index contributed by atoms with van der Waals surface area (Å²) in [5.74, 6) is -1.61. The van der Waals surface area contributed by atoms with E-state index in [4.69, 9.17) is 0 Å². The molecule has 0 saturated carbocycles. The lowest BCUT2D eigenvalue weighted by Gasteiger charge is -2.12. The summed E-state index contributed by atoms with van der Waals surface area (Å²) in [6, 6.07) is 4.20. The number of rotatable bonds is 2. The van der Waals surface area contributed by atoms with Crippen molar-refractivity contribution in [2.45, 2.75) is 12.5 Å². The number of anilines is 1. The first-order chi connectivity index (χ1) is 6.75. The molecule has 4 heteroatoms. The van der Waals surface area contributed by atoms with Gasteiger partial charge in [0, 0.05) is 24.3 Å². The van der Waals surface area contributed by atoms with Crippen LogP contribution in [0.2, 0.25) is 0 Å². The normalized spacial score (nSPS) is 21.1. The van der Waals surface area contributed by atoms with E-state index in [9.17, 15) is 8.78 Å². The molecule has 76 valence electrons. The smallest absolute Gasteiger partial charge is 0.160 e. The van der Waals surface area contributed by atoms with Crippen LogP contribution in [0, 0.1) is 11.6 Å². The summed E-state index contributed by atoms with van der Waals surface area (Å²) >= 11 is 0. The highest BCUT2D eigenvalue weighted by atomic mass is 19.2. The van der Waals surface area contributed by atoms with Crippen LogP contribution in [0.5, 0.6) is 0 Å². The Hall–Kier alpha value is -1.16. The highest BCUT2D eigenvalue weighted by molar-refractivity contribution is 5.44. The van der Waals surface area contributed by atoms with E-state index in [0.717, 1.165) is 25.6 Å². The van der Waals surface area contributed by atoms with Crippen LogP contribution in [-0.4, -0.2) is 19.1 Å². The zero-order valence-electron chi connectivity index (χ0n) is 7.69. The molecule has 0 aliphatic carbocycles. The van der Waals surface area contributed by atoms with Gasteiger partial charge in [0.25, 0.3) is 0 Å². The molecular weight excluding hydrogens is 186 g/mol. The van der Waals surface area contributed by atoms with Gasteiger partial charge in [-0.15, -0.1) is 0 Å². The van der Waals surface area contributed by atoms with Crippen LogP contribution < -0.4 is 10.6 Å². The van der Waals surface area contributed by atoms with Gasteiger partial charge >= 0.3 is 0 Å². The summed E-state index contributed by atoms with van der Waals surface area (Å²) in [7, 11) is 0. The van der Waals surface area contributed by atoms with Crippen LogP contribution in [0.4, 0.5) is 14.5 Å². The van der Waals surface area contributed by atoms with E-state index in [2.05, 4.69) is 10.6 Å². The van der Waals surface area contributed by atoms with E-state index in [-0.39, 0.29) is 0 Å². The average Bonchev–Trinajstić information content (AvgIpc) is 2.64. The SMILES string of the molecule is Fc1ccc(N[C@@H]2CCNC2)cc1F. The third-order valence-corrected chi connectivity index (χ3v) is 2.35. The zero-order chi connectivity index (χ0) is 9.97. The Morgan fingerprint density at radius 1 is 1.29 bits per heavy atom. The maximum absolute atomic E-state index is 12.8. The highest BCUT2D eigenvalue weighted by Crippen LogP contribution is 2.15. The van der Waals surface area contributed by atoms with E-state index in [1.54, 1.807) is 6.07 Å². The Morgan fingerprint density at radius 2 is 2.14 bits per heavy atom. The fourth-order valence-electron chi connectivity index (χ4n) is 1.60. The van der Waals surface area contributed by atoms with Gasteiger partial charge in [0.05, 0.1) is 0 Å². The Morgan fingerprint density at radius 3 is 2.79 bits per heavy atom. The topological polar surface area (TPSA) is 24.1 Å². The monoisotopic (exact) mass is 198 g/mol. The van der Waals surface area contributed by atoms with Gasteiger partial charge in [-0.25, -0.2) is 8.78 Å². The molecule has 0 bridgehead atoms. The molecule has 1 atom stereocenters. The van der Waals surface area contributed by atoms with Gasteiger partial charge in [0.1, 0.15) is 0 Å². The lowest BCUT2D eigenvalue weighted by atomic mass is 10.2. The summed E-state index contributed by atoms with van der Waals surface area (Å²) in [4.78, 5) is 0. The summed E-state index contributed by atoms with van der Waals surface area (Å²) in [5.41, 5.74) is 0.637. The van der Waals surface area contributed by atoms with Crippen molar-refractivity contribution in [2.75, 3.05) is 18.4 Å². The van der Waals surface area contributed by atoms with Gasteiger partial charge in [-0.05, 0) is 25.1 Å². The molecule has 1 aliphatic rings. The molecule has 1 aliphatic heterocycles. The second-order valence-corrected chi connectivity index (χ2v) is 3.46. The summed E-state index contributed by atoms with van der Waals surface area (Å²) in [6.45, 7) is 1.85. The van der Waals surface area contributed by atoms with Gasteiger partial charge in [0.2, 0.25) is 0 Å². The number of nitrogens with one attached hydrogen (secondary N) is 2. The summed E-state index contributed by atoms with van der Waals surface area (Å²) in [6.07, 6.45) is 1.01. The second-order valence-electron chi connectivity index (χ2n) is 3.46. The minimum absolute atomic E-state index is 0.319. The van der Waals surface area contributed by atoms with Crippen molar-refractivity contribution in [3.8, 4) is 0 Å². The Labute approximate surface area is 81.3 Å². The molecule has 0 aromatic heterocycles. The van der Waals surface area contributed by atoms with Gasteiger partial charge in [-0.1, -0.05) is 0 Å². The number of hydrogen-bond acceptors (Lipinski definition) is 2. The fourth-order valence-corrected chi connectivity index (χ4v) is 1.60. The molecule has 2 nitrogen and oxygen atoms in total. The lowest BCUT2D eigenvalue weighted by molar-refractivity contribution is 0.509. The molecule has 0 unspecified atom stereocenters. The van der Waals surface area contributed by atoms with Crippen molar-refractivity contribution in [2.24, 2.45) is 0 Å². The van der Waals surface area contributed by atoms with Crippen molar-refractivity contribution in [1.29, 1.82) is 0 Å². The Bertz CT molecular complexity index is 322. The van der Waals surface area contributed by atoms with Gasteiger partial charge in [-0.3, -0.25) is 0 Å². The third-order valence-electron chi connectivity index (χ3n) is 2.35. The van der Waals surface area contributed by atoms with Gasteiger partial charge in [-0.2, -0.15) is 0 Å². The van der Waals surface area contributed by atoms with E-state index in [1.165, 1.54) is 6.07 Å². The quantitative estimate of drug-likeness (QED) is 0.756. The number of halogens is 2. The molecule has 0 amide bonds. The molecule has 2 N–H and O–H groups in total. The van der Waals surface area contributed by atoms with E-state index in [0.29, 0.717) is 11.7 Å². The van der Waals surface area contributed by atoms with Crippen LogP contribution in [0.15, 0.2) is 18.2 Å². The number of hydrogen-bond donors (Lipinski definition) is 2. The lowest BCUT2D eigenvalue weighted by Crippen LogP contribution is -2.22. The van der Waals surface area contributed by atoms with Crippen molar-refractivity contribution < 1.29 is 8.78 Å². The molecule has 1 heterocycles. The fraction of sp³-hybridized carbons (Fsp3) is 0.400. The van der Waals surface area contributed by atoms with E-state index < -0.39 is 11.6 Å². The first-order valence-electron chi connectivity index (χ1n) is 4.68. The van der Waals surface area contributed by atoms with E-state index in [1.807, 2.05) is 0 Å². The third kappa shape index (κ3) is 2.01. The second kappa shape index (κ2) is 3.92. The van der Waals surface area contributed by atoms with Crippen LogP contribution in [0.1, 0.15) is 6.42 Å². The zero-order valence-corrected chi connectivity index (χ0v) is 7.69. The van der Waals surface area contributed by atoms with E-state index >= 15 is 0 Å². The van der Waals surface area contributed by atoms with Crippen molar-refractivity contribution in [3.63, 3.8) is 0 Å². The van der Waals surface area contributed by atoms with Crippen molar-refractivity contribution >= 4 is 5.69 Å². The molecule has 1 fully saturated rings. The average molecular weight is 198 g/mol. The highest BCUT2D eigenvalue weighted by Gasteiger charge is 2.14. The Balaban J connectivity index is 2.05. The molecule has 2 rings (SSSR count). The van der Waals surface area contributed by atoms with Crippen LogP contribution >= 0.6 is 0 Å². The van der Waals surface area contributed by atoms with Crippen LogP contribution in [0.3, 0.4) is 0 Å².